The first-order valence-corrected chi connectivity index (χ1v) is 8.52. The molecule has 0 spiro atoms. The number of methoxy groups -OCH3 is 1. The van der Waals surface area contributed by atoms with E-state index in [1.54, 1.807) is 6.07 Å². The van der Waals surface area contributed by atoms with Crippen LogP contribution in [0.5, 0.6) is 11.5 Å². The Bertz CT molecular complexity index is 526. The predicted octanol–water partition coefficient (Wildman–Crippen LogP) is 3.53. The summed E-state index contributed by atoms with van der Waals surface area (Å²) in [5.74, 6) is 0.216. The Balaban J connectivity index is 2.43. The summed E-state index contributed by atoms with van der Waals surface area (Å²) in [5.41, 5.74) is 0.684. The van der Waals surface area contributed by atoms with Crippen molar-refractivity contribution in [3.05, 3.63) is 20.6 Å². The van der Waals surface area contributed by atoms with E-state index in [1.807, 2.05) is 4.90 Å². The van der Waals surface area contributed by atoms with Crippen LogP contribution in [0.3, 0.4) is 0 Å². The fourth-order valence-electron chi connectivity index (χ4n) is 2.65. The largest absolute Gasteiger partial charge is 0.503 e. The minimum atomic E-state index is -2.41. The highest BCUT2D eigenvalue weighted by atomic mass is 79.9. The molecule has 1 aromatic carbocycles. The molecule has 1 aliphatic heterocycles. The van der Waals surface area contributed by atoms with Crippen molar-refractivity contribution in [2.75, 3.05) is 33.3 Å². The van der Waals surface area contributed by atoms with Crippen LogP contribution in [0.25, 0.3) is 0 Å². The van der Waals surface area contributed by atoms with Crippen molar-refractivity contribution < 1.29 is 18.6 Å². The van der Waals surface area contributed by atoms with E-state index in [-0.39, 0.29) is 17.9 Å². The highest BCUT2D eigenvalue weighted by Gasteiger charge is 2.29. The Morgan fingerprint density at radius 3 is 2.50 bits per heavy atom. The highest BCUT2D eigenvalue weighted by Crippen LogP contribution is 2.45. The second kappa shape index (κ2) is 7.90. The summed E-state index contributed by atoms with van der Waals surface area (Å²) in [6, 6.07) is 1.18. The van der Waals surface area contributed by atoms with E-state index in [4.69, 9.17) is 4.74 Å². The van der Waals surface area contributed by atoms with Gasteiger partial charge in [0.2, 0.25) is 6.43 Å². The molecule has 1 fully saturated rings. The number of hydrogen-bond donors (Lipinski definition) is 2. The number of alkyl halides is 2. The molecule has 2 rings (SSSR count). The van der Waals surface area contributed by atoms with Gasteiger partial charge >= 0.3 is 0 Å². The summed E-state index contributed by atoms with van der Waals surface area (Å²) in [5, 5.41) is 13.2. The third kappa shape index (κ3) is 3.90. The lowest BCUT2D eigenvalue weighted by Crippen LogP contribution is -2.45. The van der Waals surface area contributed by atoms with Gasteiger partial charge in [0.05, 0.1) is 11.6 Å². The van der Waals surface area contributed by atoms with Crippen LogP contribution in [0.2, 0.25) is 0 Å². The summed E-state index contributed by atoms with van der Waals surface area (Å²) in [4.78, 5) is 2.03. The molecule has 2 N–H and O–H groups in total. The molecule has 0 aromatic heterocycles. The normalized spacial score (nSPS) is 17.7. The number of nitrogens with one attached hydrogen (secondary N) is 1. The molecule has 0 bridgehead atoms. The molecule has 1 saturated heterocycles. The van der Waals surface area contributed by atoms with E-state index < -0.39 is 12.5 Å². The number of phenolic OH excluding ortho intramolecular Hbond substituents is 1. The van der Waals surface area contributed by atoms with Gasteiger partial charge in [0, 0.05) is 43.1 Å². The van der Waals surface area contributed by atoms with Crippen LogP contribution in [-0.4, -0.2) is 49.7 Å². The lowest BCUT2D eigenvalue weighted by Gasteiger charge is -2.36. The van der Waals surface area contributed by atoms with Crippen molar-refractivity contribution in [2.45, 2.75) is 18.9 Å². The van der Waals surface area contributed by atoms with E-state index in [0.29, 0.717) is 27.6 Å². The van der Waals surface area contributed by atoms with Crippen molar-refractivity contribution in [1.29, 1.82) is 0 Å². The number of piperazine rings is 1. The van der Waals surface area contributed by atoms with Crippen LogP contribution in [0.4, 0.5) is 8.78 Å². The van der Waals surface area contributed by atoms with Crippen LogP contribution in [0.15, 0.2) is 15.0 Å². The quantitative estimate of drug-likeness (QED) is 0.730. The number of aromatic hydroxyl groups is 1. The SMILES string of the molecule is COc1cc([C@H](CC(F)F)N2CCNCC2)c(Br)c(Br)c1O. The predicted molar refractivity (Wildman–Crippen MR) is 87.9 cm³/mol. The van der Waals surface area contributed by atoms with Crippen molar-refractivity contribution >= 4 is 31.9 Å². The number of ether oxygens (including phenoxy) is 1. The molecule has 1 aromatic rings. The first-order valence-electron chi connectivity index (χ1n) is 6.93. The molecule has 1 atom stereocenters. The van der Waals surface area contributed by atoms with Crippen LogP contribution >= 0.6 is 31.9 Å². The Hall–Kier alpha value is -0.440. The minimum absolute atomic E-state index is 0.0470. The molecule has 0 radical (unpaired) electrons. The number of halogens is 4. The second-order valence-corrected chi connectivity index (χ2v) is 6.66. The summed E-state index contributed by atoms with van der Waals surface area (Å²) >= 11 is 6.69. The Kier molecular flexibility index (Phi) is 6.43. The second-order valence-electron chi connectivity index (χ2n) is 5.07. The Morgan fingerprint density at radius 2 is 1.95 bits per heavy atom. The first-order chi connectivity index (χ1) is 10.5. The maximum atomic E-state index is 13.1. The zero-order valence-electron chi connectivity index (χ0n) is 12.1. The van der Waals surface area contributed by atoms with Gasteiger partial charge in [-0.15, -0.1) is 0 Å². The topological polar surface area (TPSA) is 44.7 Å². The summed E-state index contributed by atoms with van der Waals surface area (Å²) < 4.78 is 32.3. The highest BCUT2D eigenvalue weighted by molar-refractivity contribution is 9.13. The van der Waals surface area contributed by atoms with Gasteiger partial charge in [-0.1, -0.05) is 0 Å². The molecular formula is C14H18Br2F2N2O2. The van der Waals surface area contributed by atoms with Crippen molar-refractivity contribution in [2.24, 2.45) is 0 Å². The van der Waals surface area contributed by atoms with Crippen molar-refractivity contribution in [3.8, 4) is 11.5 Å². The van der Waals surface area contributed by atoms with E-state index >= 15 is 0 Å². The van der Waals surface area contributed by atoms with Gasteiger partial charge in [0.1, 0.15) is 0 Å². The molecule has 4 nitrogen and oxygen atoms in total. The maximum Gasteiger partial charge on any atom is 0.240 e. The third-order valence-corrected chi connectivity index (χ3v) is 5.91. The molecule has 1 heterocycles. The van der Waals surface area contributed by atoms with Crippen molar-refractivity contribution in [3.63, 3.8) is 0 Å². The monoisotopic (exact) mass is 442 g/mol. The molecule has 8 heteroatoms. The molecule has 22 heavy (non-hydrogen) atoms. The number of phenols is 1. The lowest BCUT2D eigenvalue weighted by molar-refractivity contribution is 0.0735. The Morgan fingerprint density at radius 1 is 1.32 bits per heavy atom. The Labute approximate surface area is 145 Å². The van der Waals surface area contributed by atoms with Gasteiger partial charge in [0.25, 0.3) is 0 Å². The van der Waals surface area contributed by atoms with E-state index in [9.17, 15) is 13.9 Å². The standard InChI is InChI=1S/C14H18Br2F2N2O2/c1-22-10-6-8(12(15)13(16)14(10)21)9(7-11(17)18)20-4-2-19-3-5-20/h6,9,11,19,21H,2-5,7H2,1H3/t9-/m0/s1. The molecule has 0 aliphatic carbocycles. The van der Waals surface area contributed by atoms with Crippen LogP contribution in [0.1, 0.15) is 18.0 Å². The van der Waals surface area contributed by atoms with E-state index in [2.05, 4.69) is 37.2 Å². The van der Waals surface area contributed by atoms with Crippen LogP contribution in [-0.2, 0) is 0 Å². The number of rotatable bonds is 5. The van der Waals surface area contributed by atoms with Crippen LogP contribution < -0.4 is 10.1 Å². The number of hydrogen-bond acceptors (Lipinski definition) is 4. The van der Waals surface area contributed by atoms with Gasteiger partial charge in [0.15, 0.2) is 11.5 Å². The molecule has 0 saturated carbocycles. The maximum absolute atomic E-state index is 13.1. The summed E-state index contributed by atoms with van der Waals surface area (Å²) in [6.45, 7) is 2.94. The summed E-state index contributed by atoms with van der Waals surface area (Å²) in [7, 11) is 1.44. The lowest BCUT2D eigenvalue weighted by atomic mass is 10.0. The zero-order valence-corrected chi connectivity index (χ0v) is 15.3. The van der Waals surface area contributed by atoms with E-state index in [0.717, 1.165) is 13.1 Å². The third-order valence-electron chi connectivity index (χ3n) is 3.75. The molecular weight excluding hydrogens is 426 g/mol. The molecule has 0 amide bonds. The summed E-state index contributed by atoms with van der Waals surface area (Å²) in [6.07, 6.45) is -2.68. The molecule has 1 aliphatic rings. The average molecular weight is 444 g/mol. The van der Waals surface area contributed by atoms with Gasteiger partial charge in [-0.3, -0.25) is 4.90 Å². The van der Waals surface area contributed by atoms with Crippen molar-refractivity contribution in [1.82, 2.24) is 10.2 Å². The fourth-order valence-corrected chi connectivity index (χ4v) is 3.64. The fraction of sp³-hybridized carbons (Fsp3) is 0.571. The van der Waals surface area contributed by atoms with Gasteiger partial charge < -0.3 is 15.2 Å². The van der Waals surface area contributed by atoms with Gasteiger partial charge in [-0.25, -0.2) is 8.78 Å². The number of nitrogens with zero attached hydrogens (tertiary/aromatic N) is 1. The zero-order chi connectivity index (χ0) is 16.3. The minimum Gasteiger partial charge on any atom is -0.503 e. The smallest absolute Gasteiger partial charge is 0.240 e. The van der Waals surface area contributed by atoms with Gasteiger partial charge in [-0.2, -0.15) is 0 Å². The first kappa shape index (κ1) is 17.9. The molecule has 0 unspecified atom stereocenters. The van der Waals surface area contributed by atoms with E-state index in [1.165, 1.54) is 7.11 Å². The van der Waals surface area contributed by atoms with Gasteiger partial charge in [-0.05, 0) is 43.5 Å². The number of benzene rings is 1. The van der Waals surface area contributed by atoms with Crippen LogP contribution in [0, 0.1) is 0 Å². The average Bonchev–Trinajstić information content (AvgIpc) is 2.52. The molecule has 124 valence electrons.